The van der Waals surface area contributed by atoms with Crippen LogP contribution >= 0.6 is 0 Å². The number of aryl methyl sites for hydroxylation is 2. The Bertz CT molecular complexity index is 2770. The van der Waals surface area contributed by atoms with Crippen LogP contribution in [-0.2, 0) is 30.4 Å². The molecule has 6 rings (SSSR count). The summed E-state index contributed by atoms with van der Waals surface area (Å²) in [6.45, 7) is 3.45. The largest absolute Gasteiger partial charge is 0.744 e. The molecular formula is C34H24N5O11S3-3. The molecule has 0 fully saturated rings. The summed E-state index contributed by atoms with van der Waals surface area (Å²) in [5.41, 5.74) is 12.5. The minimum Gasteiger partial charge on any atom is -0.744 e. The monoisotopic (exact) mass is 774 g/mol. The average molecular weight is 775 g/mol. The van der Waals surface area contributed by atoms with E-state index in [0.717, 1.165) is 35.4 Å². The van der Waals surface area contributed by atoms with Crippen LogP contribution in [0.2, 0.25) is 0 Å². The van der Waals surface area contributed by atoms with Gasteiger partial charge in [0.2, 0.25) is 11.6 Å². The van der Waals surface area contributed by atoms with E-state index in [1.54, 1.807) is 50.2 Å². The van der Waals surface area contributed by atoms with Crippen LogP contribution in [0.3, 0.4) is 0 Å². The Kier molecular flexibility index (Phi) is 9.27. The summed E-state index contributed by atoms with van der Waals surface area (Å²) in [7, 11) is -15.3. The molecule has 0 bridgehead atoms. The second-order valence-electron chi connectivity index (χ2n) is 11.8. The first-order chi connectivity index (χ1) is 24.7. The van der Waals surface area contributed by atoms with Crippen molar-refractivity contribution >= 4 is 81.4 Å². The number of allylic oxidation sites excluding steroid dienone is 2. The van der Waals surface area contributed by atoms with Crippen LogP contribution in [0.25, 0.3) is 22.1 Å². The second kappa shape index (κ2) is 13.3. The molecule has 0 aromatic heterocycles. The summed E-state index contributed by atoms with van der Waals surface area (Å²) in [4.78, 5) is 23.9. The van der Waals surface area contributed by atoms with Gasteiger partial charge in [0.15, 0.2) is 0 Å². The van der Waals surface area contributed by atoms with Gasteiger partial charge in [0.1, 0.15) is 41.8 Å². The number of benzene rings is 4. The molecule has 0 spiro atoms. The number of anilines is 3. The van der Waals surface area contributed by atoms with E-state index in [1.165, 1.54) is 24.3 Å². The van der Waals surface area contributed by atoms with Gasteiger partial charge in [-0.1, -0.05) is 36.4 Å². The molecule has 0 aliphatic heterocycles. The van der Waals surface area contributed by atoms with Gasteiger partial charge in [-0.3, -0.25) is 20.4 Å². The number of hydrogen-bond acceptors (Lipinski definition) is 16. The average Bonchev–Trinajstić information content (AvgIpc) is 3.06. The molecule has 2 aliphatic carbocycles. The smallest absolute Gasteiger partial charge is 0.217 e. The van der Waals surface area contributed by atoms with E-state index < -0.39 is 68.0 Å². The molecule has 4 N–H and O–H groups in total. The van der Waals surface area contributed by atoms with Crippen molar-refractivity contribution in [3.05, 3.63) is 117 Å². The lowest BCUT2D eigenvalue weighted by Crippen LogP contribution is -2.28. The molecule has 0 heterocycles. The highest BCUT2D eigenvalue weighted by molar-refractivity contribution is 7.95. The molecule has 4 aromatic carbocycles. The summed E-state index contributed by atoms with van der Waals surface area (Å²) >= 11 is 0. The quantitative estimate of drug-likeness (QED) is 0.131. The van der Waals surface area contributed by atoms with E-state index in [1.807, 2.05) is 0 Å². The van der Waals surface area contributed by atoms with E-state index in [9.17, 15) is 48.5 Å². The maximum Gasteiger partial charge on any atom is 0.217 e. The number of Topliss-reactive ketones (excluding diaryl/α,β-unsaturated/α-hetero) is 2. The number of carbonyl (C=O) groups is 2. The van der Waals surface area contributed by atoms with Crippen LogP contribution in [0.15, 0.2) is 98.9 Å². The van der Waals surface area contributed by atoms with Crippen molar-refractivity contribution in [3.63, 3.8) is 0 Å². The highest BCUT2D eigenvalue weighted by Crippen LogP contribution is 2.33. The number of nitrogens with zero attached hydrogens (tertiary/aromatic N) is 2. The highest BCUT2D eigenvalue weighted by atomic mass is 32.2. The first kappa shape index (κ1) is 36.9. The SMILES string of the molecule is Cc1cc(-c2ccc(NN=C3C(=O)c4c(N)cc(S(=O)(=O)[O-])cc4C=C3S(=O)(=O)[O-])c(C)c2)ccc1NN=C1C=C(S(=O)(=O)[O-])c2ccccc2C1=O. The first-order valence-electron chi connectivity index (χ1n) is 15.1. The Morgan fingerprint density at radius 1 is 0.623 bits per heavy atom. The number of fused-ring (bicyclic) bond motifs is 2. The van der Waals surface area contributed by atoms with Gasteiger partial charge in [0.25, 0.3) is 0 Å². The van der Waals surface area contributed by atoms with Crippen LogP contribution in [0, 0.1) is 13.8 Å². The second-order valence-corrected chi connectivity index (χ2v) is 15.9. The lowest BCUT2D eigenvalue weighted by molar-refractivity contribution is 0.105. The third-order valence-electron chi connectivity index (χ3n) is 8.27. The summed E-state index contributed by atoms with van der Waals surface area (Å²) in [5.74, 6) is -1.66. The summed E-state index contributed by atoms with van der Waals surface area (Å²) in [6.07, 6.45) is 1.66. The van der Waals surface area contributed by atoms with Gasteiger partial charge in [-0.15, -0.1) is 0 Å². The Hall–Kier alpha value is -5.83. The van der Waals surface area contributed by atoms with Crippen molar-refractivity contribution in [3.8, 4) is 11.1 Å². The molecule has 0 amide bonds. The fraction of sp³-hybridized carbons (Fsp3) is 0.0588. The van der Waals surface area contributed by atoms with Crippen LogP contribution in [0.4, 0.5) is 17.1 Å². The van der Waals surface area contributed by atoms with Crippen LogP contribution in [0.1, 0.15) is 43.0 Å². The van der Waals surface area contributed by atoms with Crippen molar-refractivity contribution in [1.29, 1.82) is 0 Å². The van der Waals surface area contributed by atoms with Gasteiger partial charge in [0.05, 0.1) is 31.6 Å². The van der Waals surface area contributed by atoms with Crippen LogP contribution < -0.4 is 16.6 Å². The predicted octanol–water partition coefficient (Wildman–Crippen LogP) is 3.56. The number of ketones is 2. The van der Waals surface area contributed by atoms with Crippen molar-refractivity contribution in [2.45, 2.75) is 18.7 Å². The fourth-order valence-corrected chi connectivity index (χ4v) is 7.57. The summed E-state index contributed by atoms with van der Waals surface area (Å²) < 4.78 is 107. The molecule has 272 valence electrons. The van der Waals surface area contributed by atoms with Crippen molar-refractivity contribution in [2.75, 3.05) is 16.6 Å². The van der Waals surface area contributed by atoms with Gasteiger partial charge in [-0.2, -0.15) is 10.2 Å². The van der Waals surface area contributed by atoms with E-state index in [-0.39, 0.29) is 28.0 Å². The maximum atomic E-state index is 13.3. The Balaban J connectivity index is 1.25. The zero-order chi connectivity index (χ0) is 38.6. The Morgan fingerprint density at radius 2 is 1.17 bits per heavy atom. The molecule has 4 aromatic rings. The zero-order valence-electron chi connectivity index (χ0n) is 27.3. The fourth-order valence-electron chi connectivity index (χ4n) is 5.68. The van der Waals surface area contributed by atoms with E-state index in [2.05, 4.69) is 21.1 Å². The first-order valence-corrected chi connectivity index (χ1v) is 19.3. The topological polar surface area (TPSA) is 281 Å². The number of nitrogen functional groups attached to an aromatic ring is 1. The van der Waals surface area contributed by atoms with Gasteiger partial charge in [-0.25, -0.2) is 25.3 Å². The van der Waals surface area contributed by atoms with Gasteiger partial charge >= 0.3 is 0 Å². The molecule has 53 heavy (non-hydrogen) atoms. The number of hydrogen-bond donors (Lipinski definition) is 3. The lowest BCUT2D eigenvalue weighted by atomic mass is 9.93. The van der Waals surface area contributed by atoms with E-state index in [4.69, 9.17) is 5.73 Å². The highest BCUT2D eigenvalue weighted by Gasteiger charge is 2.32. The standard InChI is InChI=1S/C34H27N5O11S3/c1-17-11-19(7-9-26(17)36-38-28-16-29(52(45,46)47)23-5-3-4-6-24(23)33(28)40)20-8-10-27(18(2)12-20)37-39-32-30(53(48,49)50)14-21-13-22(51(42,43)44)15-25(35)31(21)34(32)41/h3-16,36-37H,35H2,1-2H3,(H,42,43,44)(H,45,46,47)(H,48,49,50)/p-3. The molecule has 16 nitrogen and oxygen atoms in total. The third kappa shape index (κ3) is 7.29. The lowest BCUT2D eigenvalue weighted by Gasteiger charge is -2.22. The molecule has 0 saturated heterocycles. The van der Waals surface area contributed by atoms with Crippen molar-refractivity contribution < 1.29 is 48.5 Å². The predicted molar refractivity (Wildman–Crippen MR) is 193 cm³/mol. The number of carbonyl (C=O) groups excluding carboxylic acids is 2. The molecule has 0 atom stereocenters. The van der Waals surface area contributed by atoms with Gasteiger partial charge in [0, 0.05) is 16.8 Å². The van der Waals surface area contributed by atoms with Crippen LogP contribution in [0.5, 0.6) is 0 Å². The molecule has 2 aliphatic rings. The number of hydrazone groups is 2. The molecule has 0 saturated carbocycles. The van der Waals surface area contributed by atoms with Gasteiger partial charge < -0.3 is 19.4 Å². The Labute approximate surface area is 302 Å². The number of rotatable bonds is 8. The van der Waals surface area contributed by atoms with Crippen molar-refractivity contribution in [1.82, 2.24) is 0 Å². The Morgan fingerprint density at radius 3 is 1.70 bits per heavy atom. The summed E-state index contributed by atoms with van der Waals surface area (Å²) in [6, 6.07) is 17.6. The number of nitrogens with two attached hydrogens (primary N) is 1. The third-order valence-corrected chi connectivity index (χ3v) is 10.8. The molecular weight excluding hydrogens is 751 g/mol. The molecule has 0 unspecified atom stereocenters. The van der Waals surface area contributed by atoms with Gasteiger partial charge in [-0.05, 0) is 90.2 Å². The van der Waals surface area contributed by atoms with Crippen molar-refractivity contribution in [2.24, 2.45) is 10.2 Å². The molecule has 0 radical (unpaired) electrons. The minimum absolute atomic E-state index is 0.00336. The zero-order valence-corrected chi connectivity index (χ0v) is 29.7. The normalized spacial score (nSPS) is 16.2. The maximum absolute atomic E-state index is 13.3. The molecule has 19 heteroatoms. The van der Waals surface area contributed by atoms with E-state index in [0.29, 0.717) is 22.5 Å². The van der Waals surface area contributed by atoms with Crippen LogP contribution in [-0.4, -0.2) is 61.9 Å². The van der Waals surface area contributed by atoms with E-state index >= 15 is 0 Å². The number of nitrogens with one attached hydrogen (secondary N) is 2. The minimum atomic E-state index is -5.33. The summed E-state index contributed by atoms with van der Waals surface area (Å²) in [5, 5.41) is 8.00.